The molecule has 0 amide bonds. The molecule has 1 aliphatic rings. The van der Waals surface area contributed by atoms with Gasteiger partial charge in [0.15, 0.2) is 20.4 Å². The van der Waals surface area contributed by atoms with Crippen molar-refractivity contribution in [3.8, 4) is 11.4 Å². The van der Waals surface area contributed by atoms with Gasteiger partial charge in [-0.15, -0.1) is 0 Å². The quantitative estimate of drug-likeness (QED) is 0.746. The molecule has 1 aliphatic heterocycles. The highest BCUT2D eigenvalue weighted by Gasteiger charge is 2.32. The molecule has 0 unspecified atom stereocenters. The molecule has 0 saturated carbocycles. The van der Waals surface area contributed by atoms with Gasteiger partial charge in [-0.2, -0.15) is 5.10 Å². The van der Waals surface area contributed by atoms with Crippen molar-refractivity contribution in [2.24, 2.45) is 7.05 Å². The van der Waals surface area contributed by atoms with Crippen LogP contribution in [0.15, 0.2) is 24.5 Å². The maximum atomic E-state index is 11.7. The van der Waals surface area contributed by atoms with Crippen molar-refractivity contribution in [2.45, 2.75) is 26.1 Å². The Labute approximate surface area is 146 Å². The second-order valence-corrected chi connectivity index (χ2v) is 8.60. The summed E-state index contributed by atoms with van der Waals surface area (Å²) >= 11 is 5.50. The third-order valence-electron chi connectivity index (χ3n) is 4.43. The molecule has 130 valence electrons. The van der Waals surface area contributed by atoms with Crippen LogP contribution in [0, 0.1) is 4.77 Å². The van der Waals surface area contributed by atoms with Crippen molar-refractivity contribution in [3.63, 3.8) is 0 Å². The van der Waals surface area contributed by atoms with Crippen molar-refractivity contribution in [2.75, 3.05) is 18.1 Å². The number of sulfone groups is 1. The predicted molar refractivity (Wildman–Crippen MR) is 94.7 cm³/mol. The van der Waals surface area contributed by atoms with E-state index >= 15 is 0 Å². The van der Waals surface area contributed by atoms with E-state index < -0.39 is 9.84 Å². The highest BCUT2D eigenvalue weighted by molar-refractivity contribution is 7.91. The first-order valence-corrected chi connectivity index (χ1v) is 10.1. The van der Waals surface area contributed by atoms with Crippen LogP contribution in [0.1, 0.15) is 13.3 Å². The molecule has 0 aliphatic carbocycles. The fraction of sp³-hybridized carbons (Fsp3) is 0.533. The van der Waals surface area contributed by atoms with Crippen LogP contribution in [0.5, 0.6) is 0 Å². The van der Waals surface area contributed by atoms with Crippen molar-refractivity contribution in [1.29, 1.82) is 0 Å². The minimum absolute atomic E-state index is 0.0354. The number of hydrogen-bond donors (Lipinski definition) is 0. The lowest BCUT2D eigenvalue weighted by molar-refractivity contribution is 0.164. The Kier molecular flexibility index (Phi) is 4.84. The minimum atomic E-state index is -2.91. The molecule has 9 heteroatoms. The molecular formula is C15H21N5O2S2. The van der Waals surface area contributed by atoms with Crippen LogP contribution in [0.4, 0.5) is 0 Å². The zero-order valence-corrected chi connectivity index (χ0v) is 15.4. The van der Waals surface area contributed by atoms with E-state index in [-0.39, 0.29) is 17.5 Å². The molecule has 2 aromatic heterocycles. The van der Waals surface area contributed by atoms with E-state index in [4.69, 9.17) is 12.2 Å². The van der Waals surface area contributed by atoms with Gasteiger partial charge < -0.3 is 4.57 Å². The standard InChI is InChI=1S/C15H21N5O2S2/c1-3-19(13-6-9-24(21,22)10-13)11-20-15(23)18(2)14(17-20)12-4-7-16-8-5-12/h4-5,7-8,13H,3,6,9-11H2,1-2H3/t13-/m1/s1. The van der Waals surface area contributed by atoms with E-state index in [1.54, 1.807) is 17.1 Å². The largest absolute Gasteiger partial charge is 0.303 e. The summed E-state index contributed by atoms with van der Waals surface area (Å²) in [5, 5.41) is 4.63. The van der Waals surface area contributed by atoms with Gasteiger partial charge in [0.05, 0.1) is 18.2 Å². The van der Waals surface area contributed by atoms with Crippen LogP contribution in [0.2, 0.25) is 0 Å². The van der Waals surface area contributed by atoms with Gasteiger partial charge in [0.25, 0.3) is 0 Å². The van der Waals surface area contributed by atoms with E-state index in [9.17, 15) is 8.42 Å². The average molecular weight is 368 g/mol. The molecule has 2 aromatic rings. The Bertz CT molecular complexity index is 873. The predicted octanol–water partition coefficient (Wildman–Crippen LogP) is 1.48. The fourth-order valence-corrected chi connectivity index (χ4v) is 4.99. The highest BCUT2D eigenvalue weighted by Crippen LogP contribution is 2.20. The molecule has 24 heavy (non-hydrogen) atoms. The first kappa shape index (κ1) is 17.2. The van der Waals surface area contributed by atoms with Gasteiger partial charge in [-0.25, -0.2) is 13.1 Å². The maximum absolute atomic E-state index is 11.7. The molecule has 1 fully saturated rings. The number of pyridine rings is 1. The Balaban J connectivity index is 1.86. The van der Waals surface area contributed by atoms with Gasteiger partial charge in [-0.3, -0.25) is 9.88 Å². The second-order valence-electron chi connectivity index (χ2n) is 6.00. The lowest BCUT2D eigenvalue weighted by atomic mass is 10.2. The first-order valence-electron chi connectivity index (χ1n) is 7.90. The molecule has 7 nitrogen and oxygen atoms in total. The highest BCUT2D eigenvalue weighted by atomic mass is 32.2. The summed E-state index contributed by atoms with van der Waals surface area (Å²) in [6, 6.07) is 3.82. The van der Waals surface area contributed by atoms with E-state index in [1.165, 1.54) is 0 Å². The van der Waals surface area contributed by atoms with Gasteiger partial charge in [0.1, 0.15) is 0 Å². The van der Waals surface area contributed by atoms with E-state index in [1.807, 2.05) is 30.7 Å². The molecule has 3 rings (SSSR count). The monoisotopic (exact) mass is 367 g/mol. The summed E-state index contributed by atoms with van der Waals surface area (Å²) in [7, 11) is -1.02. The Morgan fingerprint density at radius 3 is 2.67 bits per heavy atom. The molecule has 0 aromatic carbocycles. The number of aromatic nitrogens is 4. The van der Waals surface area contributed by atoms with Crippen molar-refractivity contribution < 1.29 is 8.42 Å². The van der Waals surface area contributed by atoms with Gasteiger partial charge in [0, 0.05) is 31.0 Å². The summed E-state index contributed by atoms with van der Waals surface area (Å²) in [6.45, 7) is 3.28. The van der Waals surface area contributed by atoms with Crippen LogP contribution >= 0.6 is 12.2 Å². The van der Waals surface area contributed by atoms with Crippen LogP contribution in [-0.2, 0) is 23.6 Å². The summed E-state index contributed by atoms with van der Waals surface area (Å²) in [5.41, 5.74) is 0.948. The molecule has 1 atom stereocenters. The molecule has 1 saturated heterocycles. The molecule has 0 N–H and O–H groups in total. The molecular weight excluding hydrogens is 346 g/mol. The normalized spacial score (nSPS) is 19.9. The van der Waals surface area contributed by atoms with Crippen molar-refractivity contribution in [3.05, 3.63) is 29.3 Å². The van der Waals surface area contributed by atoms with Gasteiger partial charge in [-0.05, 0) is 37.3 Å². The van der Waals surface area contributed by atoms with Gasteiger partial charge in [0.2, 0.25) is 0 Å². The van der Waals surface area contributed by atoms with E-state index in [0.29, 0.717) is 17.9 Å². The topological polar surface area (TPSA) is 73.0 Å². The Morgan fingerprint density at radius 2 is 2.08 bits per heavy atom. The second kappa shape index (κ2) is 6.73. The van der Waals surface area contributed by atoms with Crippen LogP contribution in [0.25, 0.3) is 11.4 Å². The number of hydrogen-bond acceptors (Lipinski definition) is 6. The van der Waals surface area contributed by atoms with Crippen molar-refractivity contribution in [1.82, 2.24) is 24.2 Å². The van der Waals surface area contributed by atoms with E-state index in [2.05, 4.69) is 15.0 Å². The number of nitrogens with zero attached hydrogens (tertiary/aromatic N) is 5. The Hall–Kier alpha value is -1.58. The molecule has 0 bridgehead atoms. The summed E-state index contributed by atoms with van der Waals surface area (Å²) in [4.78, 5) is 6.15. The lowest BCUT2D eigenvalue weighted by Gasteiger charge is -2.25. The SMILES string of the molecule is CCN(Cn1nc(-c2ccncc2)n(C)c1=S)[C@@H]1CCS(=O)(=O)C1. The van der Waals surface area contributed by atoms with Gasteiger partial charge >= 0.3 is 0 Å². The van der Waals surface area contributed by atoms with E-state index in [0.717, 1.165) is 17.9 Å². The smallest absolute Gasteiger partial charge is 0.199 e. The minimum Gasteiger partial charge on any atom is -0.303 e. The lowest BCUT2D eigenvalue weighted by Crippen LogP contribution is -2.37. The van der Waals surface area contributed by atoms with Gasteiger partial charge in [-0.1, -0.05) is 6.92 Å². The molecule has 3 heterocycles. The third kappa shape index (κ3) is 3.42. The van der Waals surface area contributed by atoms with Crippen LogP contribution < -0.4 is 0 Å². The molecule has 0 radical (unpaired) electrons. The average Bonchev–Trinajstić information content (AvgIpc) is 3.07. The molecule has 0 spiro atoms. The van der Waals surface area contributed by atoms with Crippen LogP contribution in [-0.4, -0.2) is 56.7 Å². The van der Waals surface area contributed by atoms with Crippen molar-refractivity contribution >= 4 is 22.1 Å². The zero-order chi connectivity index (χ0) is 17.3. The zero-order valence-electron chi connectivity index (χ0n) is 13.8. The summed E-state index contributed by atoms with van der Waals surface area (Å²) in [5.74, 6) is 1.26. The maximum Gasteiger partial charge on any atom is 0.199 e. The third-order valence-corrected chi connectivity index (χ3v) is 6.66. The van der Waals surface area contributed by atoms with Crippen LogP contribution in [0.3, 0.4) is 0 Å². The fourth-order valence-electron chi connectivity index (χ4n) is 3.04. The number of rotatable bonds is 5. The Morgan fingerprint density at radius 1 is 1.38 bits per heavy atom. The summed E-state index contributed by atoms with van der Waals surface area (Å²) < 4.78 is 27.7. The first-order chi connectivity index (χ1) is 11.4. The summed E-state index contributed by atoms with van der Waals surface area (Å²) in [6.07, 6.45) is 4.12.